The molecule has 0 bridgehead atoms. The second-order valence-corrected chi connectivity index (χ2v) is 11.8. The van der Waals surface area contributed by atoms with Crippen molar-refractivity contribution in [2.45, 2.75) is 46.4 Å². The Morgan fingerprint density at radius 1 is 0.846 bits per heavy atom. The number of sulfonamides is 1. The topological polar surface area (TPSA) is 83.8 Å². The summed E-state index contributed by atoms with van der Waals surface area (Å²) in [5, 5.41) is 4.15. The Labute approximate surface area is 230 Å². The van der Waals surface area contributed by atoms with E-state index in [9.17, 15) is 13.2 Å². The Morgan fingerprint density at radius 2 is 1.44 bits per heavy atom. The highest BCUT2D eigenvalue weighted by molar-refractivity contribution is 7.92. The van der Waals surface area contributed by atoms with Crippen LogP contribution in [-0.4, -0.2) is 31.7 Å². The predicted octanol–water partition coefficient (Wildman–Crippen LogP) is 5.67. The largest absolute Gasteiger partial charge is 0.318 e. The van der Waals surface area contributed by atoms with Crippen LogP contribution < -0.4 is 9.73 Å². The molecule has 1 heterocycles. The zero-order chi connectivity index (χ0) is 28.3. The van der Waals surface area contributed by atoms with Gasteiger partial charge >= 0.3 is 0 Å². The van der Waals surface area contributed by atoms with E-state index >= 15 is 0 Å². The molecule has 3 aromatic carbocycles. The summed E-state index contributed by atoms with van der Waals surface area (Å²) in [6.45, 7) is 11.6. The number of anilines is 1. The van der Waals surface area contributed by atoms with Crippen molar-refractivity contribution in [1.82, 2.24) is 9.99 Å². The molecule has 39 heavy (non-hydrogen) atoms. The van der Waals surface area contributed by atoms with E-state index in [2.05, 4.69) is 47.1 Å². The van der Waals surface area contributed by atoms with E-state index < -0.39 is 22.5 Å². The van der Waals surface area contributed by atoms with Crippen LogP contribution in [0.3, 0.4) is 0 Å². The summed E-state index contributed by atoms with van der Waals surface area (Å²) in [5.41, 5.74) is 11.2. The second-order valence-electron chi connectivity index (χ2n) is 9.91. The van der Waals surface area contributed by atoms with E-state index in [0.717, 1.165) is 38.1 Å². The zero-order valence-electron chi connectivity index (χ0n) is 23.2. The molecule has 1 N–H and O–H groups in total. The number of benzene rings is 3. The van der Waals surface area contributed by atoms with Gasteiger partial charge in [0.25, 0.3) is 15.9 Å². The number of nitrogens with one attached hydrogen (secondary N) is 1. The minimum atomic E-state index is -3.99. The second kappa shape index (κ2) is 11.3. The molecule has 0 aliphatic carbocycles. The number of aryl methyl sites for hydroxylation is 5. The van der Waals surface area contributed by atoms with E-state index in [1.807, 2.05) is 45.9 Å². The highest BCUT2D eigenvalue weighted by Gasteiger charge is 2.27. The minimum absolute atomic E-state index is 0.115. The molecule has 0 aliphatic heterocycles. The summed E-state index contributed by atoms with van der Waals surface area (Å²) in [5.74, 6) is -0.550. The minimum Gasteiger partial charge on any atom is -0.318 e. The molecule has 0 spiro atoms. The van der Waals surface area contributed by atoms with Crippen LogP contribution in [0.2, 0.25) is 0 Å². The number of nitrogens with zero attached hydrogens (tertiary/aromatic N) is 3. The van der Waals surface area contributed by atoms with Crippen LogP contribution >= 0.6 is 0 Å². The normalized spacial score (nSPS) is 11.6. The van der Waals surface area contributed by atoms with Crippen molar-refractivity contribution in [3.63, 3.8) is 0 Å². The molecule has 0 unspecified atom stereocenters. The third-order valence-corrected chi connectivity index (χ3v) is 8.46. The Hall–Kier alpha value is -4.17. The summed E-state index contributed by atoms with van der Waals surface area (Å²) in [7, 11) is -3.99. The fraction of sp³-hybridized carbons (Fsp3) is 0.226. The third-order valence-electron chi connectivity index (χ3n) is 6.67. The molecule has 4 rings (SSSR count). The van der Waals surface area contributed by atoms with Crippen molar-refractivity contribution in [3.05, 3.63) is 112 Å². The lowest BCUT2D eigenvalue weighted by Gasteiger charge is -2.24. The van der Waals surface area contributed by atoms with Gasteiger partial charge in [0.15, 0.2) is 0 Å². The molecule has 0 saturated heterocycles. The SMILES string of the molecule is Cc1ccc(N(CC(=O)N/N=C\c2cc(C)n(-c3ccc(C)cc3C)c2C)S(=O)(=O)c2ccc(C)cc2)cc1. The summed E-state index contributed by atoms with van der Waals surface area (Å²) in [6.07, 6.45) is 1.59. The van der Waals surface area contributed by atoms with Crippen LogP contribution in [0.4, 0.5) is 5.69 Å². The molecule has 0 saturated carbocycles. The Morgan fingerprint density at radius 3 is 2.05 bits per heavy atom. The van der Waals surface area contributed by atoms with Gasteiger partial charge in [0, 0.05) is 22.6 Å². The molecule has 0 aliphatic rings. The van der Waals surface area contributed by atoms with Gasteiger partial charge in [-0.1, -0.05) is 53.1 Å². The Balaban J connectivity index is 1.56. The van der Waals surface area contributed by atoms with Gasteiger partial charge in [-0.25, -0.2) is 13.8 Å². The molecule has 0 radical (unpaired) electrons. The number of aromatic nitrogens is 1. The molecule has 1 aromatic heterocycles. The number of hydrogen-bond acceptors (Lipinski definition) is 4. The summed E-state index contributed by atoms with van der Waals surface area (Å²) >= 11 is 0. The van der Waals surface area contributed by atoms with Crippen molar-refractivity contribution in [1.29, 1.82) is 0 Å². The van der Waals surface area contributed by atoms with Gasteiger partial charge in [-0.05, 0) is 83.5 Å². The Bertz CT molecular complexity index is 1630. The van der Waals surface area contributed by atoms with Crippen LogP contribution in [0.1, 0.15) is 39.2 Å². The maximum absolute atomic E-state index is 13.5. The highest BCUT2D eigenvalue weighted by Crippen LogP contribution is 2.25. The number of carbonyl (C=O) groups is 1. The highest BCUT2D eigenvalue weighted by atomic mass is 32.2. The third kappa shape index (κ3) is 6.12. The molecule has 202 valence electrons. The first-order valence-electron chi connectivity index (χ1n) is 12.7. The predicted molar refractivity (Wildman–Crippen MR) is 157 cm³/mol. The summed E-state index contributed by atoms with van der Waals surface area (Å²) in [4.78, 5) is 13.0. The maximum atomic E-state index is 13.5. The summed E-state index contributed by atoms with van der Waals surface area (Å²) < 4.78 is 30.3. The molecular formula is C31H34N4O3S. The van der Waals surface area contributed by atoms with Crippen molar-refractivity contribution < 1.29 is 13.2 Å². The van der Waals surface area contributed by atoms with Crippen molar-refractivity contribution in [2.75, 3.05) is 10.8 Å². The van der Waals surface area contributed by atoms with E-state index in [-0.39, 0.29) is 4.90 Å². The standard InChI is InChI=1S/C31H34N4O3S/c1-21-7-12-28(13-8-21)34(39(37,38)29-14-9-22(2)10-15-29)20-31(36)33-32-19-27-18-25(5)35(26(27)6)30-16-11-23(3)17-24(30)4/h7-19H,20H2,1-6H3,(H,33,36)/b32-19-. The molecule has 0 atom stereocenters. The Kier molecular flexibility index (Phi) is 8.06. The fourth-order valence-electron chi connectivity index (χ4n) is 4.55. The first-order valence-corrected chi connectivity index (χ1v) is 14.2. The number of hydrazone groups is 1. The van der Waals surface area contributed by atoms with Crippen LogP contribution in [0.15, 0.2) is 82.8 Å². The number of hydrogen-bond donors (Lipinski definition) is 1. The van der Waals surface area contributed by atoms with Crippen molar-refractivity contribution >= 4 is 27.8 Å². The lowest BCUT2D eigenvalue weighted by Crippen LogP contribution is -2.39. The monoisotopic (exact) mass is 542 g/mol. The van der Waals surface area contributed by atoms with Crippen molar-refractivity contribution in [3.8, 4) is 5.69 Å². The van der Waals surface area contributed by atoms with Crippen molar-refractivity contribution in [2.24, 2.45) is 5.10 Å². The fourth-order valence-corrected chi connectivity index (χ4v) is 5.97. The van der Waals surface area contributed by atoms with Gasteiger partial charge < -0.3 is 4.57 Å². The van der Waals surface area contributed by atoms with Crippen LogP contribution in [-0.2, 0) is 14.8 Å². The lowest BCUT2D eigenvalue weighted by atomic mass is 10.1. The molecular weight excluding hydrogens is 508 g/mol. The van der Waals surface area contributed by atoms with Gasteiger partial charge in [-0.2, -0.15) is 5.10 Å². The van der Waals surface area contributed by atoms with Gasteiger partial charge in [-0.15, -0.1) is 0 Å². The van der Waals surface area contributed by atoms with E-state index in [1.54, 1.807) is 42.6 Å². The number of carbonyl (C=O) groups excluding carboxylic acids is 1. The molecule has 0 fully saturated rings. The molecule has 7 nitrogen and oxygen atoms in total. The van der Waals surface area contributed by atoms with Gasteiger partial charge in [0.1, 0.15) is 6.54 Å². The van der Waals surface area contributed by atoms with E-state index in [4.69, 9.17) is 0 Å². The van der Waals surface area contributed by atoms with Gasteiger partial charge in [0.2, 0.25) is 0 Å². The molecule has 8 heteroatoms. The lowest BCUT2D eigenvalue weighted by molar-refractivity contribution is -0.119. The average molecular weight is 543 g/mol. The summed E-state index contributed by atoms with van der Waals surface area (Å²) in [6, 6.07) is 21.9. The number of amides is 1. The zero-order valence-corrected chi connectivity index (χ0v) is 24.0. The number of rotatable bonds is 8. The maximum Gasteiger partial charge on any atom is 0.264 e. The average Bonchev–Trinajstić information content (AvgIpc) is 3.16. The van der Waals surface area contributed by atoms with Crippen LogP contribution in [0.25, 0.3) is 5.69 Å². The van der Waals surface area contributed by atoms with Crippen LogP contribution in [0.5, 0.6) is 0 Å². The van der Waals surface area contributed by atoms with Gasteiger partial charge in [0.05, 0.1) is 16.8 Å². The smallest absolute Gasteiger partial charge is 0.264 e. The van der Waals surface area contributed by atoms with E-state index in [1.165, 1.54) is 11.1 Å². The van der Waals surface area contributed by atoms with E-state index in [0.29, 0.717) is 5.69 Å². The first kappa shape index (κ1) is 27.9. The first-order chi connectivity index (χ1) is 18.5. The quantitative estimate of drug-likeness (QED) is 0.230. The molecule has 1 amide bonds. The van der Waals surface area contributed by atoms with Gasteiger partial charge in [-0.3, -0.25) is 9.10 Å². The molecule has 4 aromatic rings. The van der Waals surface area contributed by atoms with Crippen LogP contribution in [0, 0.1) is 41.5 Å².